The van der Waals surface area contributed by atoms with Crippen molar-refractivity contribution in [3.05, 3.63) is 107 Å². The molecule has 38 heavy (non-hydrogen) atoms. The summed E-state index contributed by atoms with van der Waals surface area (Å²) < 4.78 is 33.3. The number of H-pyrrole nitrogens is 1. The molecule has 196 valence electrons. The van der Waals surface area contributed by atoms with Crippen LogP contribution in [0.15, 0.2) is 94.6 Å². The van der Waals surface area contributed by atoms with E-state index in [0.717, 1.165) is 5.56 Å². The standard InChI is InChI=1S/C28H28N4O5S/c1-20-17-26(33)31-28(29-20)22-9-6-10-23(18-22)30-27(34)19-32(16-15-21-7-4-3-5-8-21)38(35,36)25-13-11-24(37-2)12-14-25/h3-14,17-18H,15-16,19H2,1-2H3,(H,30,34)(H,29,31,33). The van der Waals surface area contributed by atoms with E-state index in [4.69, 9.17) is 4.74 Å². The Balaban J connectivity index is 1.55. The quantitative estimate of drug-likeness (QED) is 0.322. The lowest BCUT2D eigenvalue weighted by Gasteiger charge is -2.22. The Kier molecular flexibility index (Phi) is 8.35. The molecule has 0 fully saturated rings. The van der Waals surface area contributed by atoms with E-state index in [1.807, 2.05) is 30.3 Å². The molecular weight excluding hydrogens is 504 g/mol. The number of methoxy groups -OCH3 is 1. The zero-order chi connectivity index (χ0) is 27.1. The lowest BCUT2D eigenvalue weighted by Crippen LogP contribution is -2.39. The highest BCUT2D eigenvalue weighted by atomic mass is 32.2. The number of aromatic amines is 1. The number of carbonyl (C=O) groups excluding carboxylic acids is 1. The Hall–Kier alpha value is -4.28. The number of benzene rings is 3. The van der Waals surface area contributed by atoms with Crippen LogP contribution in [-0.2, 0) is 21.2 Å². The van der Waals surface area contributed by atoms with Crippen LogP contribution in [0.25, 0.3) is 11.4 Å². The molecule has 0 spiro atoms. The SMILES string of the molecule is COc1ccc(S(=O)(=O)N(CCc2ccccc2)CC(=O)Nc2cccc(-c3nc(C)cc(=O)[nH]3)c2)cc1. The molecule has 0 radical (unpaired) electrons. The fourth-order valence-electron chi connectivity index (χ4n) is 3.90. The van der Waals surface area contributed by atoms with Crippen molar-refractivity contribution in [2.45, 2.75) is 18.2 Å². The predicted octanol–water partition coefficient (Wildman–Crippen LogP) is 3.63. The molecule has 0 aliphatic carbocycles. The van der Waals surface area contributed by atoms with Crippen LogP contribution in [0, 0.1) is 6.92 Å². The molecule has 0 bridgehead atoms. The minimum absolute atomic E-state index is 0.0654. The molecular formula is C28H28N4O5S. The van der Waals surface area contributed by atoms with E-state index in [1.54, 1.807) is 43.3 Å². The Morgan fingerprint density at radius 3 is 2.42 bits per heavy atom. The molecule has 0 aliphatic rings. The maximum Gasteiger partial charge on any atom is 0.251 e. The molecule has 0 saturated heterocycles. The summed E-state index contributed by atoms with van der Waals surface area (Å²) in [6.45, 7) is 1.45. The lowest BCUT2D eigenvalue weighted by molar-refractivity contribution is -0.116. The number of anilines is 1. The number of hydrogen-bond donors (Lipinski definition) is 2. The van der Waals surface area contributed by atoms with Crippen LogP contribution in [-0.4, -0.2) is 48.8 Å². The molecule has 2 N–H and O–H groups in total. The first-order valence-electron chi connectivity index (χ1n) is 11.9. The van der Waals surface area contributed by atoms with Gasteiger partial charge < -0.3 is 15.0 Å². The third kappa shape index (κ3) is 6.72. The first-order valence-corrected chi connectivity index (χ1v) is 13.3. The van der Waals surface area contributed by atoms with Crippen molar-refractivity contribution < 1.29 is 17.9 Å². The summed E-state index contributed by atoms with van der Waals surface area (Å²) in [5.41, 5.74) is 2.29. The second-order valence-corrected chi connectivity index (χ2v) is 10.6. The topological polar surface area (TPSA) is 121 Å². The number of ether oxygens (including phenoxy) is 1. The van der Waals surface area contributed by atoms with Gasteiger partial charge in [-0.3, -0.25) is 9.59 Å². The van der Waals surface area contributed by atoms with Crippen molar-refractivity contribution >= 4 is 21.6 Å². The van der Waals surface area contributed by atoms with Crippen LogP contribution in [0.4, 0.5) is 5.69 Å². The van der Waals surface area contributed by atoms with Gasteiger partial charge in [0, 0.05) is 29.6 Å². The molecule has 0 saturated carbocycles. The Labute approximate surface area is 221 Å². The first-order chi connectivity index (χ1) is 18.2. The zero-order valence-electron chi connectivity index (χ0n) is 21.0. The average Bonchev–Trinajstić information content (AvgIpc) is 2.91. The largest absolute Gasteiger partial charge is 0.497 e. The normalized spacial score (nSPS) is 11.3. The minimum atomic E-state index is -3.98. The van der Waals surface area contributed by atoms with Gasteiger partial charge in [-0.25, -0.2) is 13.4 Å². The molecule has 1 heterocycles. The molecule has 0 atom stereocenters. The van der Waals surface area contributed by atoms with Crippen LogP contribution in [0.2, 0.25) is 0 Å². The summed E-state index contributed by atoms with van der Waals surface area (Å²) in [5, 5.41) is 2.77. The fourth-order valence-corrected chi connectivity index (χ4v) is 5.30. The van der Waals surface area contributed by atoms with Crippen LogP contribution in [0.1, 0.15) is 11.3 Å². The number of hydrogen-bond acceptors (Lipinski definition) is 6. The van der Waals surface area contributed by atoms with Crippen molar-refractivity contribution in [2.24, 2.45) is 0 Å². The van der Waals surface area contributed by atoms with Crippen LogP contribution in [0.3, 0.4) is 0 Å². The summed E-state index contributed by atoms with van der Waals surface area (Å²) in [5.74, 6) is 0.400. The van der Waals surface area contributed by atoms with Crippen LogP contribution < -0.4 is 15.6 Å². The Morgan fingerprint density at radius 2 is 1.74 bits per heavy atom. The van der Waals surface area contributed by atoms with Crippen molar-refractivity contribution in [1.82, 2.24) is 14.3 Å². The van der Waals surface area contributed by atoms with Gasteiger partial charge >= 0.3 is 0 Å². The van der Waals surface area contributed by atoms with E-state index in [1.165, 1.54) is 29.6 Å². The number of nitrogens with zero attached hydrogens (tertiary/aromatic N) is 2. The highest BCUT2D eigenvalue weighted by molar-refractivity contribution is 7.89. The average molecular weight is 533 g/mol. The molecule has 9 nitrogen and oxygen atoms in total. The number of sulfonamides is 1. The molecule has 4 aromatic rings. The van der Waals surface area contributed by atoms with E-state index >= 15 is 0 Å². The van der Waals surface area contributed by atoms with Gasteiger partial charge in [0.05, 0.1) is 18.6 Å². The van der Waals surface area contributed by atoms with Gasteiger partial charge in [0.1, 0.15) is 11.6 Å². The van der Waals surface area contributed by atoms with E-state index < -0.39 is 15.9 Å². The van der Waals surface area contributed by atoms with Gasteiger partial charge in [-0.2, -0.15) is 4.31 Å². The third-order valence-corrected chi connectivity index (χ3v) is 7.66. The summed E-state index contributed by atoms with van der Waals surface area (Å²) in [6, 6.07) is 23.7. The molecule has 0 unspecified atom stereocenters. The van der Waals surface area contributed by atoms with Crippen LogP contribution in [0.5, 0.6) is 5.75 Å². The van der Waals surface area contributed by atoms with Crippen molar-refractivity contribution in [3.8, 4) is 17.1 Å². The van der Waals surface area contributed by atoms with Crippen LogP contribution >= 0.6 is 0 Å². The highest BCUT2D eigenvalue weighted by Gasteiger charge is 2.26. The second-order valence-electron chi connectivity index (χ2n) is 8.61. The summed E-state index contributed by atoms with van der Waals surface area (Å²) in [6.07, 6.45) is 0.436. The molecule has 4 rings (SSSR count). The van der Waals surface area contributed by atoms with Gasteiger partial charge in [0.2, 0.25) is 15.9 Å². The summed E-state index contributed by atoms with van der Waals surface area (Å²) >= 11 is 0. The number of carbonyl (C=O) groups is 1. The molecule has 1 aromatic heterocycles. The summed E-state index contributed by atoms with van der Waals surface area (Å²) in [4.78, 5) is 32.0. The monoisotopic (exact) mass is 532 g/mol. The van der Waals surface area contributed by atoms with Gasteiger partial charge in [-0.05, 0) is 55.3 Å². The lowest BCUT2D eigenvalue weighted by atomic mass is 10.1. The molecule has 10 heteroatoms. The Morgan fingerprint density at radius 1 is 1.00 bits per heavy atom. The maximum atomic E-state index is 13.5. The molecule has 3 aromatic carbocycles. The summed E-state index contributed by atoms with van der Waals surface area (Å²) in [7, 11) is -2.48. The van der Waals surface area contributed by atoms with Gasteiger partial charge in [0.15, 0.2) is 0 Å². The van der Waals surface area contributed by atoms with Gasteiger partial charge in [0.25, 0.3) is 5.56 Å². The number of aryl methyl sites for hydroxylation is 1. The van der Waals surface area contributed by atoms with E-state index in [0.29, 0.717) is 34.9 Å². The predicted molar refractivity (Wildman–Crippen MR) is 146 cm³/mol. The molecule has 1 amide bonds. The number of rotatable bonds is 10. The first kappa shape index (κ1) is 26.8. The van der Waals surface area contributed by atoms with Gasteiger partial charge in [-0.1, -0.05) is 42.5 Å². The third-order valence-electron chi connectivity index (χ3n) is 5.80. The zero-order valence-corrected chi connectivity index (χ0v) is 21.9. The number of aromatic nitrogens is 2. The maximum absolute atomic E-state index is 13.5. The van der Waals surface area contributed by atoms with Crippen molar-refractivity contribution in [2.75, 3.05) is 25.5 Å². The van der Waals surface area contributed by atoms with E-state index in [2.05, 4.69) is 15.3 Å². The number of amides is 1. The smallest absolute Gasteiger partial charge is 0.251 e. The van der Waals surface area contributed by atoms with Crippen molar-refractivity contribution in [1.29, 1.82) is 0 Å². The second kappa shape index (κ2) is 11.8. The van der Waals surface area contributed by atoms with E-state index in [-0.39, 0.29) is 23.5 Å². The highest BCUT2D eigenvalue weighted by Crippen LogP contribution is 2.22. The molecule has 0 aliphatic heterocycles. The van der Waals surface area contributed by atoms with E-state index in [9.17, 15) is 18.0 Å². The minimum Gasteiger partial charge on any atom is -0.497 e. The number of nitrogens with one attached hydrogen (secondary N) is 2. The Bertz CT molecular complexity index is 1570. The van der Waals surface area contributed by atoms with Gasteiger partial charge in [-0.15, -0.1) is 0 Å². The van der Waals surface area contributed by atoms with Crippen molar-refractivity contribution in [3.63, 3.8) is 0 Å². The fraction of sp³-hybridized carbons (Fsp3) is 0.179.